The number of rotatable bonds is 2. The van der Waals surface area contributed by atoms with Gasteiger partial charge in [0, 0.05) is 29.9 Å². The molecule has 106 valence electrons. The lowest BCUT2D eigenvalue weighted by atomic mass is 10.1. The van der Waals surface area contributed by atoms with Gasteiger partial charge < -0.3 is 5.73 Å². The fourth-order valence-electron chi connectivity index (χ4n) is 1.73. The van der Waals surface area contributed by atoms with Gasteiger partial charge >= 0.3 is 6.18 Å². The van der Waals surface area contributed by atoms with E-state index in [2.05, 4.69) is 15.0 Å². The summed E-state index contributed by atoms with van der Waals surface area (Å²) in [6.07, 6.45) is -2.25. The fourth-order valence-corrected chi connectivity index (χ4v) is 1.73. The average molecular weight is 282 g/mol. The van der Waals surface area contributed by atoms with Crippen LogP contribution in [-0.2, 0) is 6.18 Å². The maximum atomic E-state index is 13.0. The van der Waals surface area contributed by atoms with Gasteiger partial charge in [0.1, 0.15) is 11.6 Å². The molecule has 0 unspecified atom stereocenters. The van der Waals surface area contributed by atoms with E-state index in [1.807, 2.05) is 13.8 Å². The first-order valence-corrected chi connectivity index (χ1v) is 5.95. The number of pyridine rings is 1. The van der Waals surface area contributed by atoms with Crippen LogP contribution in [0.4, 0.5) is 19.0 Å². The average Bonchev–Trinajstić information content (AvgIpc) is 2.37. The van der Waals surface area contributed by atoms with E-state index in [4.69, 9.17) is 5.73 Å². The maximum absolute atomic E-state index is 13.0. The van der Waals surface area contributed by atoms with Crippen LogP contribution in [0, 0.1) is 0 Å². The second kappa shape index (κ2) is 5.07. The third-order valence-electron chi connectivity index (χ3n) is 2.68. The number of hydrogen-bond acceptors (Lipinski definition) is 4. The molecule has 0 fully saturated rings. The van der Waals surface area contributed by atoms with Gasteiger partial charge in [0.05, 0.1) is 11.3 Å². The minimum absolute atomic E-state index is 0.0386. The molecule has 2 aromatic heterocycles. The molecule has 0 atom stereocenters. The van der Waals surface area contributed by atoms with Crippen molar-refractivity contribution < 1.29 is 13.2 Å². The van der Waals surface area contributed by atoms with E-state index in [1.165, 1.54) is 6.07 Å². The van der Waals surface area contributed by atoms with Gasteiger partial charge in [-0.1, -0.05) is 13.8 Å². The Balaban J connectivity index is 2.63. The standard InChI is InChI=1S/C13H13F3N4/c1-7(2)12-19-10(5-11(17)20-12)8-6-18-4-3-9(8)13(14,15)16/h3-7H,1-2H3,(H2,17,19,20). The van der Waals surface area contributed by atoms with Crippen LogP contribution >= 0.6 is 0 Å². The summed E-state index contributed by atoms with van der Waals surface area (Å²) in [4.78, 5) is 11.9. The third-order valence-corrected chi connectivity index (χ3v) is 2.68. The molecule has 2 heterocycles. The van der Waals surface area contributed by atoms with Crippen molar-refractivity contribution >= 4 is 5.82 Å². The predicted octanol–water partition coefficient (Wildman–Crippen LogP) is 3.26. The number of anilines is 1. The first-order valence-electron chi connectivity index (χ1n) is 5.95. The highest BCUT2D eigenvalue weighted by Gasteiger charge is 2.34. The Morgan fingerprint density at radius 3 is 2.50 bits per heavy atom. The van der Waals surface area contributed by atoms with Crippen molar-refractivity contribution in [3.05, 3.63) is 35.9 Å². The Labute approximate surface area is 113 Å². The van der Waals surface area contributed by atoms with Crippen LogP contribution in [-0.4, -0.2) is 15.0 Å². The van der Waals surface area contributed by atoms with Gasteiger partial charge in [-0.2, -0.15) is 13.2 Å². The van der Waals surface area contributed by atoms with Crippen molar-refractivity contribution in [1.29, 1.82) is 0 Å². The number of halogens is 3. The SMILES string of the molecule is CC(C)c1nc(N)cc(-c2cnccc2C(F)(F)F)n1. The summed E-state index contributed by atoms with van der Waals surface area (Å²) in [5, 5.41) is 0. The largest absolute Gasteiger partial charge is 0.417 e. The number of alkyl halides is 3. The Morgan fingerprint density at radius 1 is 1.20 bits per heavy atom. The summed E-state index contributed by atoms with van der Waals surface area (Å²) in [6.45, 7) is 3.68. The topological polar surface area (TPSA) is 64.7 Å². The van der Waals surface area contributed by atoms with Crippen molar-refractivity contribution in [1.82, 2.24) is 15.0 Å². The molecule has 0 aliphatic heterocycles. The summed E-state index contributed by atoms with van der Waals surface area (Å²) < 4.78 is 39.0. The highest BCUT2D eigenvalue weighted by Crippen LogP contribution is 2.36. The Kier molecular flexibility index (Phi) is 3.61. The lowest BCUT2D eigenvalue weighted by Crippen LogP contribution is -2.09. The predicted molar refractivity (Wildman–Crippen MR) is 68.8 cm³/mol. The van der Waals surface area contributed by atoms with Gasteiger partial charge in [0.25, 0.3) is 0 Å². The van der Waals surface area contributed by atoms with E-state index in [0.717, 1.165) is 18.5 Å². The normalized spacial score (nSPS) is 11.9. The molecule has 0 bridgehead atoms. The number of nitrogens with zero attached hydrogens (tertiary/aromatic N) is 3. The Morgan fingerprint density at radius 2 is 1.90 bits per heavy atom. The van der Waals surface area contributed by atoms with Gasteiger partial charge in [0.15, 0.2) is 0 Å². The summed E-state index contributed by atoms with van der Waals surface area (Å²) in [5.74, 6) is 0.496. The van der Waals surface area contributed by atoms with Gasteiger partial charge in [-0.3, -0.25) is 4.98 Å². The van der Waals surface area contributed by atoms with E-state index in [9.17, 15) is 13.2 Å². The van der Waals surface area contributed by atoms with E-state index >= 15 is 0 Å². The molecular weight excluding hydrogens is 269 g/mol. The molecule has 0 amide bonds. The van der Waals surface area contributed by atoms with Crippen LogP contribution < -0.4 is 5.73 Å². The van der Waals surface area contributed by atoms with Crippen molar-refractivity contribution in [2.75, 3.05) is 5.73 Å². The molecule has 4 nitrogen and oxygen atoms in total. The number of nitrogen functional groups attached to an aromatic ring is 1. The first-order chi connectivity index (χ1) is 9.29. The molecular formula is C13H13F3N4. The second-order valence-electron chi connectivity index (χ2n) is 4.61. The zero-order valence-electron chi connectivity index (χ0n) is 10.9. The van der Waals surface area contributed by atoms with Crippen LogP contribution in [0.5, 0.6) is 0 Å². The summed E-state index contributed by atoms with van der Waals surface area (Å²) >= 11 is 0. The molecule has 0 saturated carbocycles. The van der Waals surface area contributed by atoms with E-state index in [1.54, 1.807) is 0 Å². The minimum Gasteiger partial charge on any atom is -0.384 e. The molecule has 2 aromatic rings. The van der Waals surface area contributed by atoms with Crippen molar-refractivity contribution in [3.63, 3.8) is 0 Å². The smallest absolute Gasteiger partial charge is 0.384 e. The lowest BCUT2D eigenvalue weighted by molar-refractivity contribution is -0.137. The number of aromatic nitrogens is 3. The van der Waals surface area contributed by atoms with Gasteiger partial charge in [-0.25, -0.2) is 9.97 Å². The Hall–Kier alpha value is -2.18. The van der Waals surface area contributed by atoms with E-state index in [0.29, 0.717) is 5.82 Å². The van der Waals surface area contributed by atoms with Crippen LogP contribution in [0.3, 0.4) is 0 Å². The van der Waals surface area contributed by atoms with E-state index in [-0.39, 0.29) is 23.0 Å². The third kappa shape index (κ3) is 2.87. The first kappa shape index (κ1) is 14.2. The highest BCUT2D eigenvalue weighted by molar-refractivity contribution is 5.65. The lowest BCUT2D eigenvalue weighted by Gasteiger charge is -2.13. The summed E-state index contributed by atoms with van der Waals surface area (Å²) in [6, 6.07) is 2.24. The Bertz CT molecular complexity index is 623. The van der Waals surface area contributed by atoms with Crippen LogP contribution in [0.1, 0.15) is 31.2 Å². The summed E-state index contributed by atoms with van der Waals surface area (Å²) in [5.41, 5.74) is 4.88. The molecule has 0 saturated heterocycles. The van der Waals surface area contributed by atoms with Gasteiger partial charge in [-0.05, 0) is 6.07 Å². The maximum Gasteiger partial charge on any atom is 0.417 e. The minimum atomic E-state index is -4.48. The molecule has 0 spiro atoms. The quantitative estimate of drug-likeness (QED) is 0.918. The zero-order valence-corrected chi connectivity index (χ0v) is 10.9. The van der Waals surface area contributed by atoms with Crippen molar-refractivity contribution in [2.45, 2.75) is 25.9 Å². The molecule has 0 radical (unpaired) electrons. The monoisotopic (exact) mass is 282 g/mol. The number of hydrogen-bond donors (Lipinski definition) is 1. The van der Waals surface area contributed by atoms with Crippen molar-refractivity contribution in [2.24, 2.45) is 0 Å². The number of nitrogens with two attached hydrogens (primary N) is 1. The van der Waals surface area contributed by atoms with Crippen LogP contribution in [0.25, 0.3) is 11.3 Å². The molecule has 20 heavy (non-hydrogen) atoms. The molecule has 2 rings (SSSR count). The second-order valence-corrected chi connectivity index (χ2v) is 4.61. The highest BCUT2D eigenvalue weighted by atomic mass is 19.4. The van der Waals surface area contributed by atoms with Crippen LogP contribution in [0.15, 0.2) is 24.5 Å². The summed E-state index contributed by atoms with van der Waals surface area (Å²) in [7, 11) is 0. The van der Waals surface area contributed by atoms with Gasteiger partial charge in [-0.15, -0.1) is 0 Å². The molecule has 2 N–H and O–H groups in total. The van der Waals surface area contributed by atoms with E-state index < -0.39 is 11.7 Å². The van der Waals surface area contributed by atoms with Gasteiger partial charge in [0.2, 0.25) is 0 Å². The molecule has 0 aliphatic rings. The van der Waals surface area contributed by atoms with Crippen molar-refractivity contribution in [3.8, 4) is 11.3 Å². The zero-order chi connectivity index (χ0) is 14.9. The van der Waals surface area contributed by atoms with Crippen LogP contribution in [0.2, 0.25) is 0 Å². The molecule has 7 heteroatoms. The fraction of sp³-hybridized carbons (Fsp3) is 0.308. The molecule has 0 aromatic carbocycles. The molecule has 0 aliphatic carbocycles.